The van der Waals surface area contributed by atoms with Gasteiger partial charge in [0.2, 0.25) is 5.91 Å². The van der Waals surface area contributed by atoms with Crippen molar-refractivity contribution in [1.29, 1.82) is 0 Å². The first-order chi connectivity index (χ1) is 9.66. The van der Waals surface area contributed by atoms with Crippen molar-refractivity contribution in [3.05, 3.63) is 0 Å². The van der Waals surface area contributed by atoms with Crippen molar-refractivity contribution in [2.45, 2.75) is 55.7 Å². The van der Waals surface area contributed by atoms with Gasteiger partial charge in [0.25, 0.3) is 0 Å². The summed E-state index contributed by atoms with van der Waals surface area (Å²) in [5.41, 5.74) is 0.244. The number of rotatable bonds is 3. The minimum Gasteiger partial charge on any atom is -0.342 e. The second-order valence-electron chi connectivity index (χ2n) is 7.60. The standard InChI is InChI=1S/C16H26N2OS/c19-15(18-3-1-2-4-18)10-17-16-8-11-5-12(14(16)6-11)7-13(20)9-16/h11-14,17,20H,1-10H2/t11?,12?,13-,14?,16?/m1/s1. The molecule has 20 heavy (non-hydrogen) atoms. The zero-order chi connectivity index (χ0) is 13.7. The average molecular weight is 294 g/mol. The Balaban J connectivity index is 1.43. The summed E-state index contributed by atoms with van der Waals surface area (Å²) in [7, 11) is 0. The SMILES string of the molecule is O=C(CNC12CC3CC(C[C@@H](S)C1)C2C3)N1CCCC1. The third-order valence-corrected chi connectivity index (χ3v) is 6.77. The summed E-state index contributed by atoms with van der Waals surface area (Å²) in [4.78, 5) is 14.3. The molecule has 1 amide bonds. The highest BCUT2D eigenvalue weighted by Crippen LogP contribution is 2.60. The third kappa shape index (κ3) is 2.10. The number of nitrogens with zero attached hydrogens (tertiary/aromatic N) is 1. The predicted octanol–water partition coefficient (Wildman–Crippen LogP) is 2.08. The van der Waals surface area contributed by atoms with Crippen LogP contribution in [0.3, 0.4) is 0 Å². The molecule has 112 valence electrons. The van der Waals surface area contributed by atoms with Crippen LogP contribution in [0.2, 0.25) is 0 Å². The smallest absolute Gasteiger partial charge is 0.236 e. The number of likely N-dealkylation sites (tertiary alicyclic amines) is 1. The van der Waals surface area contributed by atoms with E-state index < -0.39 is 0 Å². The van der Waals surface area contributed by atoms with Gasteiger partial charge < -0.3 is 10.2 Å². The van der Waals surface area contributed by atoms with Gasteiger partial charge in [0.1, 0.15) is 0 Å². The van der Waals surface area contributed by atoms with Gasteiger partial charge in [0.15, 0.2) is 0 Å². The maximum atomic E-state index is 12.3. The first-order valence-corrected chi connectivity index (χ1v) is 8.89. The summed E-state index contributed by atoms with van der Waals surface area (Å²) in [6.07, 6.45) is 8.94. The fourth-order valence-electron chi connectivity index (χ4n) is 5.70. The van der Waals surface area contributed by atoms with Crippen LogP contribution in [0.4, 0.5) is 0 Å². The number of amides is 1. The van der Waals surface area contributed by atoms with E-state index in [9.17, 15) is 4.79 Å². The molecule has 1 heterocycles. The third-order valence-electron chi connectivity index (χ3n) is 6.38. The van der Waals surface area contributed by atoms with Gasteiger partial charge in [-0.3, -0.25) is 4.79 Å². The van der Waals surface area contributed by atoms with E-state index in [1.165, 1.54) is 44.9 Å². The average Bonchev–Trinajstić information content (AvgIpc) is 3.10. The van der Waals surface area contributed by atoms with Crippen molar-refractivity contribution in [3.8, 4) is 0 Å². The molecule has 2 bridgehead atoms. The van der Waals surface area contributed by atoms with Crippen LogP contribution < -0.4 is 5.32 Å². The lowest BCUT2D eigenvalue weighted by Crippen LogP contribution is -2.58. The van der Waals surface area contributed by atoms with Crippen molar-refractivity contribution < 1.29 is 4.79 Å². The maximum Gasteiger partial charge on any atom is 0.236 e. The molecule has 1 saturated heterocycles. The molecular weight excluding hydrogens is 268 g/mol. The molecule has 0 aromatic heterocycles. The molecular formula is C16H26N2OS. The Morgan fingerprint density at radius 2 is 2.00 bits per heavy atom. The summed E-state index contributed by atoms with van der Waals surface area (Å²) in [6.45, 7) is 2.49. The zero-order valence-electron chi connectivity index (χ0n) is 12.2. The van der Waals surface area contributed by atoms with Crippen molar-refractivity contribution in [2.75, 3.05) is 19.6 Å². The zero-order valence-corrected chi connectivity index (χ0v) is 13.1. The Kier molecular flexibility index (Phi) is 3.30. The van der Waals surface area contributed by atoms with Gasteiger partial charge >= 0.3 is 0 Å². The molecule has 0 aromatic carbocycles. The van der Waals surface area contributed by atoms with Crippen LogP contribution in [0.25, 0.3) is 0 Å². The van der Waals surface area contributed by atoms with Gasteiger partial charge in [-0.1, -0.05) is 0 Å². The van der Waals surface area contributed by atoms with Crippen LogP contribution in [0.15, 0.2) is 0 Å². The van der Waals surface area contributed by atoms with E-state index in [1.54, 1.807) is 0 Å². The van der Waals surface area contributed by atoms with E-state index in [0.717, 1.165) is 30.8 Å². The largest absolute Gasteiger partial charge is 0.342 e. The van der Waals surface area contributed by atoms with Gasteiger partial charge in [0.05, 0.1) is 6.54 Å². The molecule has 4 unspecified atom stereocenters. The number of hydrogen-bond donors (Lipinski definition) is 2. The Morgan fingerprint density at radius 3 is 2.75 bits per heavy atom. The Bertz CT molecular complexity index is 409. The summed E-state index contributed by atoms with van der Waals surface area (Å²) in [5, 5.41) is 4.26. The minimum absolute atomic E-state index is 0.244. The van der Waals surface area contributed by atoms with Crippen LogP contribution in [0.1, 0.15) is 44.9 Å². The molecule has 4 aliphatic rings. The van der Waals surface area contributed by atoms with E-state index >= 15 is 0 Å². The summed E-state index contributed by atoms with van der Waals surface area (Å²) in [5.74, 6) is 2.93. The quantitative estimate of drug-likeness (QED) is 0.781. The molecule has 1 aliphatic heterocycles. The lowest BCUT2D eigenvalue weighted by molar-refractivity contribution is -0.129. The topological polar surface area (TPSA) is 32.3 Å². The fourth-order valence-corrected chi connectivity index (χ4v) is 6.30. The number of fused-ring (bicyclic) bond motifs is 1. The van der Waals surface area contributed by atoms with Gasteiger partial charge in [-0.05, 0) is 62.7 Å². The molecule has 0 spiro atoms. The minimum atomic E-state index is 0.244. The molecule has 4 rings (SSSR count). The van der Waals surface area contributed by atoms with E-state index in [2.05, 4.69) is 5.32 Å². The van der Waals surface area contributed by atoms with Crippen LogP contribution in [-0.2, 0) is 4.79 Å². The molecule has 4 heteroatoms. The van der Waals surface area contributed by atoms with Crippen molar-refractivity contribution in [1.82, 2.24) is 10.2 Å². The fraction of sp³-hybridized carbons (Fsp3) is 0.938. The maximum absolute atomic E-state index is 12.3. The van der Waals surface area contributed by atoms with E-state index in [4.69, 9.17) is 12.6 Å². The van der Waals surface area contributed by atoms with Crippen LogP contribution in [0, 0.1) is 17.8 Å². The summed E-state index contributed by atoms with van der Waals surface area (Å²) < 4.78 is 0. The molecule has 5 atom stereocenters. The number of hydrogen-bond acceptors (Lipinski definition) is 3. The van der Waals surface area contributed by atoms with Crippen molar-refractivity contribution >= 4 is 18.5 Å². The molecule has 3 nitrogen and oxygen atoms in total. The van der Waals surface area contributed by atoms with Gasteiger partial charge in [-0.25, -0.2) is 0 Å². The Hall–Kier alpha value is -0.220. The molecule has 1 N–H and O–H groups in total. The second-order valence-corrected chi connectivity index (χ2v) is 8.33. The van der Waals surface area contributed by atoms with Crippen LogP contribution in [0.5, 0.6) is 0 Å². The molecule has 4 fully saturated rings. The Labute approximate surface area is 127 Å². The normalized spacial score (nSPS) is 46.1. The van der Waals surface area contributed by atoms with Gasteiger partial charge in [-0.15, -0.1) is 0 Å². The molecule has 3 aliphatic carbocycles. The molecule has 3 saturated carbocycles. The number of carbonyl (C=O) groups excluding carboxylic acids is 1. The Morgan fingerprint density at radius 1 is 1.20 bits per heavy atom. The lowest BCUT2D eigenvalue weighted by atomic mass is 9.66. The number of carbonyl (C=O) groups is 1. The van der Waals surface area contributed by atoms with E-state index in [1.807, 2.05) is 4.90 Å². The van der Waals surface area contributed by atoms with E-state index in [-0.39, 0.29) is 5.54 Å². The van der Waals surface area contributed by atoms with Crippen LogP contribution >= 0.6 is 12.6 Å². The first-order valence-electron chi connectivity index (χ1n) is 8.37. The lowest BCUT2D eigenvalue weighted by Gasteiger charge is -2.49. The van der Waals surface area contributed by atoms with Crippen LogP contribution in [-0.4, -0.2) is 41.2 Å². The monoisotopic (exact) mass is 294 g/mol. The highest BCUT2D eigenvalue weighted by molar-refractivity contribution is 7.80. The van der Waals surface area contributed by atoms with Gasteiger partial charge in [0, 0.05) is 23.9 Å². The van der Waals surface area contributed by atoms with Gasteiger partial charge in [-0.2, -0.15) is 12.6 Å². The highest BCUT2D eigenvalue weighted by Gasteiger charge is 2.58. The van der Waals surface area contributed by atoms with E-state index in [0.29, 0.717) is 17.7 Å². The molecule has 0 aromatic rings. The summed E-state index contributed by atoms with van der Waals surface area (Å²) in [6, 6.07) is 0. The van der Waals surface area contributed by atoms with Crippen molar-refractivity contribution in [3.63, 3.8) is 0 Å². The van der Waals surface area contributed by atoms with Crippen molar-refractivity contribution in [2.24, 2.45) is 17.8 Å². The highest BCUT2D eigenvalue weighted by atomic mass is 32.1. The molecule has 0 radical (unpaired) electrons. The predicted molar refractivity (Wildman–Crippen MR) is 82.9 cm³/mol. The number of thiol groups is 1. The number of nitrogens with one attached hydrogen (secondary N) is 1. The summed E-state index contributed by atoms with van der Waals surface area (Å²) >= 11 is 4.78. The second kappa shape index (κ2) is 4.91. The first kappa shape index (κ1) is 13.4.